The van der Waals surface area contributed by atoms with E-state index in [0.29, 0.717) is 0 Å². The van der Waals surface area contributed by atoms with Gasteiger partial charge in [-0.1, -0.05) is 18.2 Å². The smallest absolute Gasteiger partial charge is 0.262 e. The molecule has 1 atom stereocenters. The third-order valence-electron chi connectivity index (χ3n) is 1.66. The zero-order valence-corrected chi connectivity index (χ0v) is 8.71. The van der Waals surface area contributed by atoms with E-state index in [1.54, 1.807) is 6.07 Å². The largest absolute Gasteiger partial charge is 0.264 e. The van der Waals surface area contributed by atoms with Crippen LogP contribution in [-0.4, -0.2) is 14.7 Å². The molecule has 78 valence electrons. The lowest BCUT2D eigenvalue weighted by Gasteiger charge is -2.11. The molecule has 0 N–H and O–H groups in total. The van der Waals surface area contributed by atoms with E-state index in [-0.39, 0.29) is 5.56 Å². The molecule has 0 fully saturated rings. The van der Waals surface area contributed by atoms with Crippen LogP contribution >= 0.6 is 0 Å². The van der Waals surface area contributed by atoms with Crippen molar-refractivity contribution in [2.24, 2.45) is 0 Å². The monoisotopic (exact) mass is 218 g/mol. The minimum absolute atomic E-state index is 0.234. The van der Waals surface area contributed by atoms with Gasteiger partial charge in [0.25, 0.3) is 10.1 Å². The minimum atomic E-state index is -3.55. The quantitative estimate of drug-likeness (QED) is 0.727. The van der Waals surface area contributed by atoms with E-state index in [9.17, 15) is 12.8 Å². The first-order chi connectivity index (χ1) is 6.40. The van der Waals surface area contributed by atoms with Gasteiger partial charge in [-0.05, 0) is 13.0 Å². The second-order valence-corrected chi connectivity index (χ2v) is 4.56. The Morgan fingerprint density at radius 1 is 1.36 bits per heavy atom. The van der Waals surface area contributed by atoms with Crippen LogP contribution < -0.4 is 0 Å². The molecule has 14 heavy (non-hydrogen) atoms. The standard InChI is InChI=1S/C9H11FO3S/c1-7(13-14(2,11)12)8-5-3-4-6-9(8)10/h3-7H,1-2H3. The van der Waals surface area contributed by atoms with Gasteiger partial charge >= 0.3 is 0 Å². The van der Waals surface area contributed by atoms with Crippen molar-refractivity contribution in [3.05, 3.63) is 35.6 Å². The van der Waals surface area contributed by atoms with E-state index in [4.69, 9.17) is 0 Å². The molecular formula is C9H11FO3S. The molecule has 0 aliphatic carbocycles. The van der Waals surface area contributed by atoms with Gasteiger partial charge in [0.05, 0.1) is 6.26 Å². The van der Waals surface area contributed by atoms with E-state index in [2.05, 4.69) is 4.18 Å². The first kappa shape index (κ1) is 11.1. The lowest BCUT2D eigenvalue weighted by Crippen LogP contribution is -2.08. The number of halogens is 1. The normalized spacial score (nSPS) is 13.9. The van der Waals surface area contributed by atoms with Crippen LogP contribution in [-0.2, 0) is 14.3 Å². The van der Waals surface area contributed by atoms with E-state index < -0.39 is 22.0 Å². The van der Waals surface area contributed by atoms with Gasteiger partial charge in [0.2, 0.25) is 0 Å². The topological polar surface area (TPSA) is 43.4 Å². The van der Waals surface area contributed by atoms with Crippen molar-refractivity contribution in [3.63, 3.8) is 0 Å². The third-order valence-corrected chi connectivity index (χ3v) is 2.30. The van der Waals surface area contributed by atoms with Crippen LogP contribution in [0, 0.1) is 5.82 Å². The summed E-state index contributed by atoms with van der Waals surface area (Å²) >= 11 is 0. The molecule has 3 nitrogen and oxygen atoms in total. The highest BCUT2D eigenvalue weighted by Crippen LogP contribution is 2.21. The number of rotatable bonds is 3. The zero-order valence-electron chi connectivity index (χ0n) is 7.90. The Morgan fingerprint density at radius 3 is 2.43 bits per heavy atom. The van der Waals surface area contributed by atoms with Crippen LogP contribution in [0.25, 0.3) is 0 Å². The van der Waals surface area contributed by atoms with E-state index in [0.717, 1.165) is 6.26 Å². The Bertz CT molecular complexity index is 414. The third kappa shape index (κ3) is 3.08. The molecule has 1 unspecified atom stereocenters. The second kappa shape index (κ2) is 4.06. The number of hydrogen-bond acceptors (Lipinski definition) is 3. The molecule has 1 aromatic carbocycles. The van der Waals surface area contributed by atoms with Crippen LogP contribution in [0.1, 0.15) is 18.6 Å². The highest BCUT2D eigenvalue weighted by atomic mass is 32.2. The summed E-state index contributed by atoms with van der Waals surface area (Å²) in [6, 6.07) is 5.91. The molecule has 0 bridgehead atoms. The van der Waals surface area contributed by atoms with Crippen molar-refractivity contribution in [3.8, 4) is 0 Å². The van der Waals surface area contributed by atoms with E-state index >= 15 is 0 Å². The van der Waals surface area contributed by atoms with Gasteiger partial charge < -0.3 is 0 Å². The van der Waals surface area contributed by atoms with Crippen molar-refractivity contribution < 1.29 is 17.0 Å². The van der Waals surface area contributed by atoms with Crippen LogP contribution in [0.4, 0.5) is 4.39 Å². The van der Waals surface area contributed by atoms with Gasteiger partial charge in [0.1, 0.15) is 11.9 Å². The summed E-state index contributed by atoms with van der Waals surface area (Å²) in [6.45, 7) is 1.49. The average molecular weight is 218 g/mol. The molecule has 0 aliphatic rings. The Balaban J connectivity index is 2.90. The van der Waals surface area contributed by atoms with E-state index in [1.165, 1.54) is 25.1 Å². The zero-order chi connectivity index (χ0) is 10.8. The SMILES string of the molecule is CC(OS(C)(=O)=O)c1ccccc1F. The van der Waals surface area contributed by atoms with Gasteiger partial charge in [-0.3, -0.25) is 4.18 Å². The molecule has 0 aromatic heterocycles. The summed E-state index contributed by atoms with van der Waals surface area (Å²) in [6.07, 6.45) is 0.135. The lowest BCUT2D eigenvalue weighted by molar-refractivity contribution is 0.231. The maximum absolute atomic E-state index is 13.1. The molecule has 0 amide bonds. The molecule has 0 radical (unpaired) electrons. The summed E-state index contributed by atoms with van der Waals surface area (Å²) in [5.41, 5.74) is 0.234. The first-order valence-corrected chi connectivity index (χ1v) is 5.84. The van der Waals surface area contributed by atoms with E-state index in [1.807, 2.05) is 0 Å². The Hall–Kier alpha value is -0.940. The molecule has 0 aliphatic heterocycles. The Labute approximate surface area is 82.6 Å². The van der Waals surface area contributed by atoms with Crippen molar-refractivity contribution in [1.82, 2.24) is 0 Å². The predicted molar refractivity (Wildman–Crippen MR) is 50.7 cm³/mol. The summed E-state index contributed by atoms with van der Waals surface area (Å²) in [4.78, 5) is 0. The minimum Gasteiger partial charge on any atom is -0.262 e. The lowest BCUT2D eigenvalue weighted by atomic mass is 10.1. The van der Waals surface area contributed by atoms with Crippen LogP contribution in [0.5, 0.6) is 0 Å². The van der Waals surface area contributed by atoms with Gasteiger partial charge in [-0.15, -0.1) is 0 Å². The van der Waals surface area contributed by atoms with Gasteiger partial charge in [-0.25, -0.2) is 4.39 Å². The Morgan fingerprint density at radius 2 is 1.93 bits per heavy atom. The summed E-state index contributed by atoms with van der Waals surface area (Å²) in [5, 5.41) is 0. The second-order valence-electron chi connectivity index (χ2n) is 2.96. The maximum atomic E-state index is 13.1. The highest BCUT2D eigenvalue weighted by molar-refractivity contribution is 7.86. The molecule has 0 heterocycles. The van der Waals surface area contributed by atoms with Gasteiger partial charge in [0.15, 0.2) is 0 Å². The molecule has 0 saturated carbocycles. The molecule has 0 saturated heterocycles. The van der Waals surface area contributed by atoms with Crippen molar-refractivity contribution in [2.75, 3.05) is 6.26 Å². The molecule has 1 aromatic rings. The number of hydrogen-bond donors (Lipinski definition) is 0. The Kier molecular flexibility index (Phi) is 3.23. The summed E-state index contributed by atoms with van der Waals surface area (Å²) in [5.74, 6) is -0.469. The highest BCUT2D eigenvalue weighted by Gasteiger charge is 2.15. The first-order valence-electron chi connectivity index (χ1n) is 4.03. The summed E-state index contributed by atoms with van der Waals surface area (Å²) < 4.78 is 39.3. The van der Waals surface area contributed by atoms with Crippen LogP contribution in [0.15, 0.2) is 24.3 Å². The number of benzene rings is 1. The van der Waals surface area contributed by atoms with Crippen molar-refractivity contribution in [1.29, 1.82) is 0 Å². The fraction of sp³-hybridized carbons (Fsp3) is 0.333. The van der Waals surface area contributed by atoms with Crippen molar-refractivity contribution in [2.45, 2.75) is 13.0 Å². The molecule has 1 rings (SSSR count). The molecule has 0 spiro atoms. The van der Waals surface area contributed by atoms with Crippen molar-refractivity contribution >= 4 is 10.1 Å². The van der Waals surface area contributed by atoms with Gasteiger partial charge in [-0.2, -0.15) is 8.42 Å². The van der Waals surface area contributed by atoms with Crippen LogP contribution in [0.2, 0.25) is 0 Å². The predicted octanol–water partition coefficient (Wildman–Crippen LogP) is 1.86. The van der Waals surface area contributed by atoms with Gasteiger partial charge in [0, 0.05) is 5.56 Å². The molecule has 5 heteroatoms. The maximum Gasteiger partial charge on any atom is 0.264 e. The fourth-order valence-corrected chi connectivity index (χ4v) is 1.75. The molecular weight excluding hydrogens is 207 g/mol. The van der Waals surface area contributed by atoms with Crippen LogP contribution in [0.3, 0.4) is 0 Å². The average Bonchev–Trinajstić information content (AvgIpc) is 2.01. The fourth-order valence-electron chi connectivity index (χ4n) is 1.12. The summed E-state index contributed by atoms with van der Waals surface area (Å²) in [7, 11) is -3.55.